The lowest BCUT2D eigenvalue weighted by Crippen LogP contribution is -2.14. The molecule has 2 aliphatic carbocycles. The maximum Gasteiger partial charge on any atom is 0.338 e. The van der Waals surface area contributed by atoms with Crippen LogP contribution in [-0.4, -0.2) is 11.9 Å². The van der Waals surface area contributed by atoms with Gasteiger partial charge < -0.3 is 9.47 Å². The van der Waals surface area contributed by atoms with E-state index in [2.05, 4.69) is 20.1 Å². The minimum absolute atomic E-state index is 0.291. The van der Waals surface area contributed by atoms with Crippen molar-refractivity contribution in [1.82, 2.24) is 0 Å². The first-order chi connectivity index (χ1) is 13.3. The molecular formula is C24H24O4. The molecule has 1 saturated carbocycles. The number of hydrogen-bond acceptors (Lipinski definition) is 4. The number of benzene rings is 2. The van der Waals surface area contributed by atoms with Gasteiger partial charge in [-0.15, -0.1) is 0 Å². The summed E-state index contributed by atoms with van der Waals surface area (Å²) >= 11 is 0. The summed E-state index contributed by atoms with van der Waals surface area (Å²) in [6.07, 6.45) is 3.27. The molecule has 2 aromatic carbocycles. The normalized spacial score (nSPS) is 22.0. The molecule has 4 rings (SSSR count). The van der Waals surface area contributed by atoms with Crippen molar-refractivity contribution in [1.29, 1.82) is 0 Å². The van der Waals surface area contributed by atoms with Crippen LogP contribution in [-0.2, 0) is 9.59 Å². The molecule has 0 aliphatic heterocycles. The lowest BCUT2D eigenvalue weighted by Gasteiger charge is -2.24. The minimum Gasteiger partial charge on any atom is -0.422 e. The highest BCUT2D eigenvalue weighted by molar-refractivity contribution is 6.02. The van der Waals surface area contributed by atoms with Crippen molar-refractivity contribution >= 4 is 22.7 Å². The Bertz CT molecular complexity index is 1050. The number of esters is 2. The van der Waals surface area contributed by atoms with Crippen molar-refractivity contribution in [3.05, 3.63) is 59.7 Å². The van der Waals surface area contributed by atoms with Gasteiger partial charge in [-0.05, 0) is 50.5 Å². The van der Waals surface area contributed by atoms with Gasteiger partial charge in [0.1, 0.15) is 11.5 Å². The fourth-order valence-electron chi connectivity index (χ4n) is 4.84. The third-order valence-corrected chi connectivity index (χ3v) is 6.16. The molecular weight excluding hydrogens is 352 g/mol. The van der Waals surface area contributed by atoms with E-state index in [4.69, 9.17) is 9.47 Å². The Kier molecular flexibility index (Phi) is 4.37. The fourth-order valence-corrected chi connectivity index (χ4v) is 4.84. The zero-order valence-electron chi connectivity index (χ0n) is 16.5. The summed E-state index contributed by atoms with van der Waals surface area (Å²) in [6, 6.07) is 5.90. The van der Waals surface area contributed by atoms with Crippen molar-refractivity contribution in [2.24, 2.45) is 5.92 Å². The molecule has 0 radical (unpaired) electrons. The number of carbonyl (C=O) groups is 2. The summed E-state index contributed by atoms with van der Waals surface area (Å²) in [5.74, 6) is 1.27. The Morgan fingerprint density at radius 3 is 2.25 bits per heavy atom. The molecule has 0 saturated heterocycles. The summed E-state index contributed by atoms with van der Waals surface area (Å²) in [6.45, 7) is 13.1. The Balaban J connectivity index is 2.06. The highest BCUT2D eigenvalue weighted by Gasteiger charge is 2.48. The molecule has 28 heavy (non-hydrogen) atoms. The smallest absolute Gasteiger partial charge is 0.338 e. The Morgan fingerprint density at radius 1 is 1.07 bits per heavy atom. The van der Waals surface area contributed by atoms with Gasteiger partial charge >= 0.3 is 11.9 Å². The molecule has 3 atom stereocenters. The van der Waals surface area contributed by atoms with Crippen molar-refractivity contribution in [2.45, 2.75) is 45.4 Å². The number of hydrogen-bond donors (Lipinski definition) is 0. The van der Waals surface area contributed by atoms with E-state index in [-0.39, 0.29) is 0 Å². The van der Waals surface area contributed by atoms with Crippen LogP contribution in [0.3, 0.4) is 0 Å². The lowest BCUT2D eigenvalue weighted by molar-refractivity contribution is -0.130. The van der Waals surface area contributed by atoms with Gasteiger partial charge in [0, 0.05) is 33.5 Å². The number of aryl methyl sites for hydroxylation is 1. The highest BCUT2D eigenvalue weighted by atomic mass is 16.5. The average Bonchev–Trinajstić information content (AvgIpc) is 3.16. The number of carbonyl (C=O) groups excluding carboxylic acids is 2. The largest absolute Gasteiger partial charge is 0.422 e. The van der Waals surface area contributed by atoms with Crippen LogP contribution < -0.4 is 9.47 Å². The van der Waals surface area contributed by atoms with Crippen LogP contribution in [0, 0.1) is 12.8 Å². The van der Waals surface area contributed by atoms with Crippen molar-refractivity contribution < 1.29 is 19.1 Å². The number of ether oxygens (including phenoxy) is 2. The predicted octanol–water partition coefficient (Wildman–Crippen LogP) is 5.33. The fraction of sp³-hybridized carbons (Fsp3) is 0.333. The van der Waals surface area contributed by atoms with E-state index in [1.807, 2.05) is 25.1 Å². The maximum absolute atomic E-state index is 12.4. The van der Waals surface area contributed by atoms with Gasteiger partial charge in [0.05, 0.1) is 0 Å². The molecule has 0 aromatic heterocycles. The highest BCUT2D eigenvalue weighted by Crippen LogP contribution is 2.63. The molecule has 4 heteroatoms. The Hall–Kier alpha value is -2.88. The van der Waals surface area contributed by atoms with Crippen LogP contribution in [0.25, 0.3) is 10.8 Å². The van der Waals surface area contributed by atoms with E-state index in [1.165, 1.54) is 6.08 Å². The van der Waals surface area contributed by atoms with E-state index in [1.54, 1.807) is 6.92 Å². The zero-order valence-corrected chi connectivity index (χ0v) is 16.5. The topological polar surface area (TPSA) is 52.6 Å². The molecule has 0 heterocycles. The van der Waals surface area contributed by atoms with E-state index < -0.39 is 11.9 Å². The van der Waals surface area contributed by atoms with Crippen LogP contribution in [0.2, 0.25) is 0 Å². The third kappa shape index (κ3) is 2.67. The zero-order chi connectivity index (χ0) is 20.2. The third-order valence-electron chi connectivity index (χ3n) is 6.16. The monoisotopic (exact) mass is 376 g/mol. The quantitative estimate of drug-likeness (QED) is 0.411. The second-order valence-corrected chi connectivity index (χ2v) is 7.98. The second-order valence-electron chi connectivity index (χ2n) is 7.98. The van der Waals surface area contributed by atoms with Gasteiger partial charge in [-0.2, -0.15) is 0 Å². The van der Waals surface area contributed by atoms with Crippen LogP contribution in [0.1, 0.15) is 55.2 Å². The standard InChI is InChI=1S/C24H24O4/c1-6-19(25)27-23-18-11-13(4)7-8-17(18)22(28-24(26)12(2)3)20-15-9-10-16(14(15)5)21(20)23/h6-8,11,14-16H,1-2,9-10H2,3-5H3. The maximum atomic E-state index is 12.4. The van der Waals surface area contributed by atoms with Crippen molar-refractivity contribution in [2.75, 3.05) is 0 Å². The van der Waals surface area contributed by atoms with Gasteiger partial charge in [-0.3, -0.25) is 0 Å². The predicted molar refractivity (Wildman–Crippen MR) is 109 cm³/mol. The van der Waals surface area contributed by atoms with Gasteiger partial charge in [0.25, 0.3) is 0 Å². The molecule has 0 spiro atoms. The van der Waals surface area contributed by atoms with Gasteiger partial charge in [-0.1, -0.05) is 37.8 Å². The summed E-state index contributed by atoms with van der Waals surface area (Å²) in [4.78, 5) is 24.5. The average molecular weight is 376 g/mol. The van der Waals surface area contributed by atoms with Crippen molar-refractivity contribution in [3.63, 3.8) is 0 Å². The van der Waals surface area contributed by atoms with E-state index in [0.717, 1.165) is 40.3 Å². The number of fused-ring (bicyclic) bond motifs is 6. The minimum atomic E-state index is -0.480. The Morgan fingerprint density at radius 2 is 1.68 bits per heavy atom. The molecule has 3 unspecified atom stereocenters. The van der Waals surface area contributed by atoms with Gasteiger partial charge in [0.15, 0.2) is 0 Å². The molecule has 0 N–H and O–H groups in total. The second kappa shape index (κ2) is 6.62. The van der Waals surface area contributed by atoms with Crippen LogP contribution in [0.4, 0.5) is 0 Å². The van der Waals surface area contributed by atoms with Crippen LogP contribution in [0.15, 0.2) is 43.0 Å². The molecule has 1 fully saturated rings. The van der Waals surface area contributed by atoms with Gasteiger partial charge in [0.2, 0.25) is 0 Å². The lowest BCUT2D eigenvalue weighted by atomic mass is 9.87. The summed E-state index contributed by atoms with van der Waals surface area (Å²) < 4.78 is 11.6. The van der Waals surface area contributed by atoms with Gasteiger partial charge in [-0.25, -0.2) is 9.59 Å². The first-order valence-electron chi connectivity index (χ1n) is 9.65. The molecule has 2 aliphatic rings. The van der Waals surface area contributed by atoms with E-state index in [9.17, 15) is 9.59 Å². The van der Waals surface area contributed by atoms with E-state index >= 15 is 0 Å². The summed E-state index contributed by atoms with van der Waals surface area (Å²) in [5, 5.41) is 1.57. The molecule has 2 aromatic rings. The Labute approximate surface area is 164 Å². The summed E-state index contributed by atoms with van der Waals surface area (Å²) in [5.41, 5.74) is 3.42. The van der Waals surface area contributed by atoms with Crippen LogP contribution in [0.5, 0.6) is 11.5 Å². The molecule has 4 nitrogen and oxygen atoms in total. The van der Waals surface area contributed by atoms with Crippen molar-refractivity contribution in [3.8, 4) is 11.5 Å². The first kappa shape index (κ1) is 18.5. The molecule has 0 amide bonds. The SMILES string of the molecule is C=CC(=O)Oc1c2c(c(OC(=O)C(=C)C)c3ccc(C)cc13)C1CCC2C1C. The summed E-state index contributed by atoms with van der Waals surface area (Å²) in [7, 11) is 0. The number of rotatable bonds is 4. The molecule has 144 valence electrons. The molecule has 2 bridgehead atoms. The first-order valence-corrected chi connectivity index (χ1v) is 9.65. The van der Waals surface area contributed by atoms with E-state index in [0.29, 0.717) is 34.8 Å². The van der Waals surface area contributed by atoms with Crippen LogP contribution >= 0.6 is 0 Å².